The first-order valence-corrected chi connectivity index (χ1v) is 9.16. The molecule has 0 unspecified atom stereocenters. The van der Waals surface area contributed by atoms with Gasteiger partial charge in [0.1, 0.15) is 29.5 Å². The molecule has 152 valence electrons. The van der Waals surface area contributed by atoms with Crippen molar-refractivity contribution < 1.29 is 8.78 Å². The van der Waals surface area contributed by atoms with Gasteiger partial charge in [-0.25, -0.2) is 23.7 Å². The third-order valence-corrected chi connectivity index (χ3v) is 4.42. The molecule has 31 heavy (non-hydrogen) atoms. The zero-order valence-corrected chi connectivity index (χ0v) is 16.3. The fourth-order valence-corrected chi connectivity index (χ4v) is 2.81. The van der Waals surface area contributed by atoms with Crippen LogP contribution in [-0.4, -0.2) is 19.9 Å². The predicted octanol–water partition coefficient (Wildman–Crippen LogP) is 4.88. The van der Waals surface area contributed by atoms with E-state index in [2.05, 4.69) is 30.6 Å². The SMILES string of the molecule is Cc1cnc(Nc2ccc(C#N)cc2)nc1Nc1c(F)cc(-c2cncnc2)cc1F. The van der Waals surface area contributed by atoms with Crippen LogP contribution in [0.3, 0.4) is 0 Å². The second-order valence-corrected chi connectivity index (χ2v) is 6.61. The van der Waals surface area contributed by atoms with Crippen LogP contribution in [0.2, 0.25) is 0 Å². The smallest absolute Gasteiger partial charge is 0.229 e. The molecule has 9 heteroatoms. The summed E-state index contributed by atoms with van der Waals surface area (Å²) in [5.74, 6) is -1.08. The monoisotopic (exact) mass is 415 g/mol. The van der Waals surface area contributed by atoms with E-state index in [0.29, 0.717) is 27.9 Å². The third-order valence-electron chi connectivity index (χ3n) is 4.42. The maximum absolute atomic E-state index is 14.7. The number of nitrogens with zero attached hydrogens (tertiary/aromatic N) is 5. The van der Waals surface area contributed by atoms with Crippen LogP contribution in [0.25, 0.3) is 11.1 Å². The van der Waals surface area contributed by atoms with Gasteiger partial charge in [0.25, 0.3) is 0 Å². The Morgan fingerprint density at radius 3 is 2.23 bits per heavy atom. The van der Waals surface area contributed by atoms with Crippen LogP contribution in [0.5, 0.6) is 0 Å². The molecule has 0 bridgehead atoms. The lowest BCUT2D eigenvalue weighted by atomic mass is 10.1. The van der Waals surface area contributed by atoms with Crippen LogP contribution in [0.15, 0.2) is 61.3 Å². The maximum atomic E-state index is 14.7. The van der Waals surface area contributed by atoms with Gasteiger partial charge in [-0.2, -0.15) is 10.2 Å². The highest BCUT2D eigenvalue weighted by atomic mass is 19.1. The Morgan fingerprint density at radius 1 is 0.903 bits per heavy atom. The maximum Gasteiger partial charge on any atom is 0.229 e. The number of aromatic nitrogens is 4. The lowest BCUT2D eigenvalue weighted by Gasteiger charge is -2.13. The van der Waals surface area contributed by atoms with Gasteiger partial charge in [-0.15, -0.1) is 0 Å². The van der Waals surface area contributed by atoms with Gasteiger partial charge < -0.3 is 10.6 Å². The molecule has 2 heterocycles. The average Bonchev–Trinajstić information content (AvgIpc) is 2.79. The van der Waals surface area contributed by atoms with Gasteiger partial charge in [-0.1, -0.05) is 0 Å². The summed E-state index contributed by atoms with van der Waals surface area (Å²) in [4.78, 5) is 16.2. The van der Waals surface area contributed by atoms with Crippen LogP contribution >= 0.6 is 0 Å². The molecular formula is C22H15F2N7. The highest BCUT2D eigenvalue weighted by molar-refractivity contribution is 5.69. The summed E-state index contributed by atoms with van der Waals surface area (Å²) < 4.78 is 29.4. The molecule has 0 amide bonds. The van der Waals surface area contributed by atoms with Crippen molar-refractivity contribution in [2.24, 2.45) is 0 Å². The van der Waals surface area contributed by atoms with E-state index in [1.54, 1.807) is 31.2 Å². The normalized spacial score (nSPS) is 10.4. The molecule has 7 nitrogen and oxygen atoms in total. The summed E-state index contributed by atoms with van der Waals surface area (Å²) in [6, 6.07) is 11.2. The van der Waals surface area contributed by atoms with Gasteiger partial charge in [-0.05, 0) is 48.9 Å². The van der Waals surface area contributed by atoms with Gasteiger partial charge in [-0.3, -0.25) is 0 Å². The van der Waals surface area contributed by atoms with E-state index in [9.17, 15) is 8.78 Å². The Morgan fingerprint density at radius 2 is 1.58 bits per heavy atom. The number of benzene rings is 2. The minimum absolute atomic E-state index is 0.233. The van der Waals surface area contributed by atoms with E-state index < -0.39 is 11.6 Å². The Balaban J connectivity index is 1.60. The van der Waals surface area contributed by atoms with Gasteiger partial charge in [0.2, 0.25) is 5.95 Å². The molecule has 0 fully saturated rings. The first kappa shape index (κ1) is 19.8. The second kappa shape index (κ2) is 8.51. The van der Waals surface area contributed by atoms with Crippen molar-refractivity contribution in [2.45, 2.75) is 6.92 Å². The van der Waals surface area contributed by atoms with Crippen molar-refractivity contribution in [1.29, 1.82) is 5.26 Å². The van der Waals surface area contributed by atoms with E-state index in [1.807, 2.05) is 6.07 Å². The Hall–Kier alpha value is -4.45. The van der Waals surface area contributed by atoms with Crippen molar-refractivity contribution in [3.05, 3.63) is 84.1 Å². The van der Waals surface area contributed by atoms with E-state index in [4.69, 9.17) is 5.26 Å². The van der Waals surface area contributed by atoms with Gasteiger partial charge in [0, 0.05) is 35.4 Å². The number of halogens is 2. The summed E-state index contributed by atoms with van der Waals surface area (Å²) in [7, 11) is 0. The summed E-state index contributed by atoms with van der Waals surface area (Å²) in [6.45, 7) is 1.72. The zero-order chi connectivity index (χ0) is 21.8. The predicted molar refractivity (Wildman–Crippen MR) is 112 cm³/mol. The fraction of sp³-hybridized carbons (Fsp3) is 0.0455. The first-order chi connectivity index (χ1) is 15.0. The van der Waals surface area contributed by atoms with Crippen LogP contribution < -0.4 is 10.6 Å². The van der Waals surface area contributed by atoms with Crippen molar-refractivity contribution in [1.82, 2.24) is 19.9 Å². The molecule has 0 aliphatic rings. The number of nitriles is 1. The number of aryl methyl sites for hydroxylation is 1. The van der Waals surface area contributed by atoms with Crippen LogP contribution in [-0.2, 0) is 0 Å². The van der Waals surface area contributed by atoms with Gasteiger partial charge >= 0.3 is 0 Å². The second-order valence-electron chi connectivity index (χ2n) is 6.61. The summed E-state index contributed by atoms with van der Waals surface area (Å²) >= 11 is 0. The lowest BCUT2D eigenvalue weighted by molar-refractivity contribution is 0.591. The quantitative estimate of drug-likeness (QED) is 0.479. The molecule has 0 radical (unpaired) electrons. The highest BCUT2D eigenvalue weighted by Gasteiger charge is 2.15. The average molecular weight is 415 g/mol. The van der Waals surface area contributed by atoms with E-state index >= 15 is 0 Å². The van der Waals surface area contributed by atoms with E-state index in [-0.39, 0.29) is 17.5 Å². The summed E-state index contributed by atoms with van der Waals surface area (Å²) in [6.07, 6.45) is 5.83. The Bertz CT molecular complexity index is 1250. The van der Waals surface area contributed by atoms with Crippen molar-refractivity contribution in [2.75, 3.05) is 10.6 Å². The number of hydrogen-bond donors (Lipinski definition) is 2. The molecule has 0 aliphatic heterocycles. The molecule has 0 saturated heterocycles. The molecule has 0 aliphatic carbocycles. The zero-order valence-electron chi connectivity index (χ0n) is 16.3. The third kappa shape index (κ3) is 4.43. The summed E-state index contributed by atoms with van der Waals surface area (Å²) in [5.41, 5.74) is 2.29. The van der Waals surface area contributed by atoms with Gasteiger partial charge in [0.05, 0.1) is 11.6 Å². The van der Waals surface area contributed by atoms with Crippen LogP contribution in [0.1, 0.15) is 11.1 Å². The van der Waals surface area contributed by atoms with Gasteiger partial charge in [0.15, 0.2) is 0 Å². The minimum Gasteiger partial charge on any atom is -0.335 e. The molecule has 4 aromatic rings. The number of anilines is 4. The number of nitrogens with one attached hydrogen (secondary N) is 2. The van der Waals surface area contributed by atoms with Crippen molar-refractivity contribution in [3.8, 4) is 17.2 Å². The topological polar surface area (TPSA) is 99.4 Å². The fourth-order valence-electron chi connectivity index (χ4n) is 2.81. The van der Waals surface area contributed by atoms with Crippen LogP contribution in [0, 0.1) is 29.9 Å². The minimum atomic E-state index is -0.779. The molecule has 4 rings (SSSR count). The molecule has 2 aromatic heterocycles. The van der Waals surface area contributed by atoms with E-state index in [1.165, 1.54) is 37.1 Å². The number of rotatable bonds is 5. The standard InChI is InChI=1S/C22H15F2N7/c1-13-9-28-22(29-17-4-2-14(8-25)3-5-17)31-21(13)30-20-18(23)6-15(7-19(20)24)16-10-26-12-27-11-16/h2-7,9-12H,1H3,(H2,28,29,30,31). The van der Waals surface area contributed by atoms with E-state index in [0.717, 1.165) is 0 Å². The summed E-state index contributed by atoms with van der Waals surface area (Å²) in [5, 5.41) is 14.6. The highest BCUT2D eigenvalue weighted by Crippen LogP contribution is 2.29. The van der Waals surface area contributed by atoms with Crippen LogP contribution in [0.4, 0.5) is 31.9 Å². The lowest BCUT2D eigenvalue weighted by Crippen LogP contribution is -2.05. The molecule has 2 N–H and O–H groups in total. The van der Waals surface area contributed by atoms with Crippen molar-refractivity contribution in [3.63, 3.8) is 0 Å². The number of hydrogen-bond acceptors (Lipinski definition) is 7. The molecule has 0 atom stereocenters. The molecule has 0 saturated carbocycles. The molecule has 0 spiro atoms. The molecular weight excluding hydrogens is 400 g/mol. The van der Waals surface area contributed by atoms with Crippen molar-refractivity contribution >= 4 is 23.1 Å². The largest absolute Gasteiger partial charge is 0.335 e. The Kier molecular flexibility index (Phi) is 5.45. The Labute approximate surface area is 176 Å². The first-order valence-electron chi connectivity index (χ1n) is 9.16. The molecule has 2 aromatic carbocycles.